The maximum atomic E-state index is 5.95. The lowest BCUT2D eigenvalue weighted by atomic mass is 9.97. The second-order valence-corrected chi connectivity index (χ2v) is 6.14. The van der Waals surface area contributed by atoms with Gasteiger partial charge in [0.2, 0.25) is 0 Å². The van der Waals surface area contributed by atoms with Crippen LogP contribution in [0.15, 0.2) is 18.5 Å². The van der Waals surface area contributed by atoms with Crippen LogP contribution >= 0.6 is 0 Å². The molecule has 0 amide bonds. The van der Waals surface area contributed by atoms with Crippen molar-refractivity contribution in [2.75, 3.05) is 26.2 Å². The van der Waals surface area contributed by atoms with E-state index in [0.717, 1.165) is 29.8 Å². The Bertz CT molecular complexity index is 409. The molecular weight excluding hydrogens is 236 g/mol. The molecule has 1 saturated carbocycles. The second-order valence-electron chi connectivity index (χ2n) is 6.14. The average molecular weight is 260 g/mol. The molecule has 3 nitrogen and oxygen atoms in total. The lowest BCUT2D eigenvalue weighted by Gasteiger charge is -2.31. The van der Waals surface area contributed by atoms with E-state index in [1.807, 2.05) is 12.3 Å². The largest absolute Gasteiger partial charge is 0.493 e. The van der Waals surface area contributed by atoms with Crippen LogP contribution in [-0.4, -0.2) is 36.1 Å². The van der Waals surface area contributed by atoms with Gasteiger partial charge in [0.05, 0.1) is 6.61 Å². The molecule has 2 heterocycles. The van der Waals surface area contributed by atoms with Gasteiger partial charge in [-0.3, -0.25) is 4.98 Å². The van der Waals surface area contributed by atoms with Crippen molar-refractivity contribution < 1.29 is 4.74 Å². The molecule has 3 heteroatoms. The van der Waals surface area contributed by atoms with Crippen LogP contribution in [-0.2, 0) is 0 Å². The highest BCUT2D eigenvalue weighted by atomic mass is 16.5. The number of nitrogens with zero attached hydrogens (tertiary/aromatic N) is 2. The standard InChI is InChI=1S/C16H24N2O/c1-13-10-17-7-4-16(13)19-12-15-5-8-18(9-6-15)11-14-2-3-14/h4,7,10,14-15H,2-3,5-6,8-9,11-12H2,1H3. The van der Waals surface area contributed by atoms with Crippen LogP contribution in [0.1, 0.15) is 31.2 Å². The van der Waals surface area contributed by atoms with Crippen molar-refractivity contribution in [3.63, 3.8) is 0 Å². The summed E-state index contributed by atoms with van der Waals surface area (Å²) in [6.45, 7) is 6.79. The number of rotatable bonds is 5. The Morgan fingerprint density at radius 2 is 2.00 bits per heavy atom. The van der Waals surface area contributed by atoms with E-state index in [1.54, 1.807) is 6.20 Å². The number of hydrogen-bond acceptors (Lipinski definition) is 3. The van der Waals surface area contributed by atoms with E-state index in [0.29, 0.717) is 0 Å². The highest BCUT2D eigenvalue weighted by Gasteiger charge is 2.27. The second kappa shape index (κ2) is 5.91. The van der Waals surface area contributed by atoms with Crippen molar-refractivity contribution in [3.05, 3.63) is 24.0 Å². The Balaban J connectivity index is 1.41. The molecule has 104 valence electrons. The zero-order valence-electron chi connectivity index (χ0n) is 11.8. The summed E-state index contributed by atoms with van der Waals surface area (Å²) < 4.78 is 5.95. The molecule has 0 N–H and O–H groups in total. The summed E-state index contributed by atoms with van der Waals surface area (Å²) in [4.78, 5) is 6.74. The van der Waals surface area contributed by atoms with Crippen LogP contribution in [0.3, 0.4) is 0 Å². The number of piperidine rings is 1. The van der Waals surface area contributed by atoms with Gasteiger partial charge in [-0.15, -0.1) is 0 Å². The molecule has 0 atom stereocenters. The lowest BCUT2D eigenvalue weighted by Crippen LogP contribution is -2.36. The number of aryl methyl sites for hydroxylation is 1. The Morgan fingerprint density at radius 3 is 2.68 bits per heavy atom. The van der Waals surface area contributed by atoms with Crippen molar-refractivity contribution in [1.29, 1.82) is 0 Å². The molecule has 19 heavy (non-hydrogen) atoms. The average Bonchev–Trinajstić information content (AvgIpc) is 3.24. The Hall–Kier alpha value is -1.09. The minimum Gasteiger partial charge on any atom is -0.493 e. The molecule has 1 saturated heterocycles. The summed E-state index contributed by atoms with van der Waals surface area (Å²) in [5.41, 5.74) is 1.13. The van der Waals surface area contributed by atoms with Crippen LogP contribution < -0.4 is 4.74 Å². The first kappa shape index (κ1) is 12.9. The summed E-state index contributed by atoms with van der Waals surface area (Å²) in [6, 6.07) is 1.97. The first-order valence-corrected chi connectivity index (χ1v) is 7.57. The van der Waals surface area contributed by atoms with Gasteiger partial charge >= 0.3 is 0 Å². The Labute approximate surface area is 116 Å². The minimum atomic E-state index is 0.725. The molecule has 1 aromatic heterocycles. The number of hydrogen-bond donors (Lipinski definition) is 0. The first-order chi connectivity index (χ1) is 9.31. The molecule has 0 spiro atoms. The SMILES string of the molecule is Cc1cnccc1OCC1CCN(CC2CC2)CC1. The fourth-order valence-corrected chi connectivity index (χ4v) is 2.83. The summed E-state index contributed by atoms with van der Waals surface area (Å²) in [7, 11) is 0. The van der Waals surface area contributed by atoms with Crippen molar-refractivity contribution >= 4 is 0 Å². The fourth-order valence-electron chi connectivity index (χ4n) is 2.83. The van der Waals surface area contributed by atoms with E-state index >= 15 is 0 Å². The number of aromatic nitrogens is 1. The number of likely N-dealkylation sites (tertiary alicyclic amines) is 1. The van der Waals surface area contributed by atoms with E-state index in [2.05, 4.69) is 16.8 Å². The van der Waals surface area contributed by atoms with Gasteiger partial charge < -0.3 is 9.64 Å². The van der Waals surface area contributed by atoms with Crippen LogP contribution in [0.4, 0.5) is 0 Å². The lowest BCUT2D eigenvalue weighted by molar-refractivity contribution is 0.137. The highest BCUT2D eigenvalue weighted by molar-refractivity contribution is 5.28. The Morgan fingerprint density at radius 1 is 1.21 bits per heavy atom. The van der Waals surface area contributed by atoms with E-state index < -0.39 is 0 Å². The summed E-state index contributed by atoms with van der Waals surface area (Å²) in [5, 5.41) is 0. The van der Waals surface area contributed by atoms with Crippen molar-refractivity contribution in [3.8, 4) is 5.75 Å². The van der Waals surface area contributed by atoms with E-state index in [1.165, 1.54) is 45.3 Å². The number of ether oxygens (including phenoxy) is 1. The summed E-state index contributed by atoms with van der Waals surface area (Å²) >= 11 is 0. The van der Waals surface area contributed by atoms with Crippen molar-refractivity contribution in [1.82, 2.24) is 9.88 Å². The quantitative estimate of drug-likeness (QED) is 0.814. The van der Waals surface area contributed by atoms with E-state index in [4.69, 9.17) is 4.74 Å². The molecule has 0 aromatic carbocycles. The van der Waals surface area contributed by atoms with Gasteiger partial charge in [0.1, 0.15) is 5.75 Å². The molecule has 0 unspecified atom stereocenters. The third-order valence-corrected chi connectivity index (χ3v) is 4.36. The molecule has 1 aromatic rings. The maximum absolute atomic E-state index is 5.95. The molecule has 2 fully saturated rings. The molecule has 3 rings (SSSR count). The van der Waals surface area contributed by atoms with Gasteiger partial charge in [0.25, 0.3) is 0 Å². The van der Waals surface area contributed by atoms with Crippen molar-refractivity contribution in [2.24, 2.45) is 11.8 Å². The fraction of sp³-hybridized carbons (Fsp3) is 0.688. The molecule has 2 aliphatic rings. The van der Waals surface area contributed by atoms with Crippen LogP contribution in [0.25, 0.3) is 0 Å². The summed E-state index contributed by atoms with van der Waals surface area (Å²) in [6.07, 6.45) is 9.18. The zero-order chi connectivity index (χ0) is 13.1. The van der Waals surface area contributed by atoms with Gasteiger partial charge in [0.15, 0.2) is 0 Å². The third kappa shape index (κ3) is 3.69. The van der Waals surface area contributed by atoms with Gasteiger partial charge in [-0.2, -0.15) is 0 Å². The minimum absolute atomic E-state index is 0.725. The van der Waals surface area contributed by atoms with Crippen LogP contribution in [0.2, 0.25) is 0 Å². The van der Waals surface area contributed by atoms with E-state index in [-0.39, 0.29) is 0 Å². The normalized spacial score (nSPS) is 21.5. The number of pyridine rings is 1. The molecule has 0 bridgehead atoms. The zero-order valence-corrected chi connectivity index (χ0v) is 11.8. The summed E-state index contributed by atoms with van der Waals surface area (Å²) in [5.74, 6) is 2.74. The monoisotopic (exact) mass is 260 g/mol. The predicted molar refractivity (Wildman–Crippen MR) is 76.4 cm³/mol. The highest BCUT2D eigenvalue weighted by Crippen LogP contribution is 2.31. The molecule has 0 radical (unpaired) electrons. The van der Waals surface area contributed by atoms with Gasteiger partial charge in [-0.05, 0) is 63.6 Å². The van der Waals surface area contributed by atoms with Gasteiger partial charge in [-0.25, -0.2) is 0 Å². The third-order valence-electron chi connectivity index (χ3n) is 4.36. The Kier molecular flexibility index (Phi) is 4.02. The predicted octanol–water partition coefficient (Wildman–Crippen LogP) is 2.89. The maximum Gasteiger partial charge on any atom is 0.125 e. The van der Waals surface area contributed by atoms with Crippen LogP contribution in [0, 0.1) is 18.8 Å². The topological polar surface area (TPSA) is 25.4 Å². The molecular formula is C16H24N2O. The van der Waals surface area contributed by atoms with E-state index in [9.17, 15) is 0 Å². The molecule has 1 aliphatic carbocycles. The van der Waals surface area contributed by atoms with Crippen LogP contribution in [0.5, 0.6) is 5.75 Å². The van der Waals surface area contributed by atoms with Gasteiger partial charge in [0, 0.05) is 24.5 Å². The molecule has 1 aliphatic heterocycles. The first-order valence-electron chi connectivity index (χ1n) is 7.57. The van der Waals surface area contributed by atoms with Crippen molar-refractivity contribution in [2.45, 2.75) is 32.6 Å². The van der Waals surface area contributed by atoms with Gasteiger partial charge in [-0.1, -0.05) is 0 Å². The smallest absolute Gasteiger partial charge is 0.125 e.